The first-order valence-electron chi connectivity index (χ1n) is 6.45. The fraction of sp³-hybridized carbons (Fsp3) is 0.188. The van der Waals surface area contributed by atoms with Crippen LogP contribution in [-0.4, -0.2) is 28.7 Å². The number of carbonyl (C=O) groups is 1. The van der Waals surface area contributed by atoms with Crippen LogP contribution in [0.15, 0.2) is 57.9 Å². The summed E-state index contributed by atoms with van der Waals surface area (Å²) in [5.74, 6) is 0.623. The highest BCUT2D eigenvalue weighted by atomic mass is 79.9. The maximum atomic E-state index is 12.1. The molecule has 0 atom stereocenters. The zero-order valence-corrected chi connectivity index (χ0v) is 14.0. The van der Waals surface area contributed by atoms with E-state index >= 15 is 0 Å². The van der Waals surface area contributed by atoms with E-state index in [-0.39, 0.29) is 11.7 Å². The van der Waals surface area contributed by atoms with Crippen molar-refractivity contribution in [3.05, 3.63) is 58.6 Å². The van der Waals surface area contributed by atoms with Crippen molar-refractivity contribution in [1.29, 1.82) is 0 Å². The van der Waals surface area contributed by atoms with E-state index in [9.17, 15) is 9.90 Å². The summed E-state index contributed by atoms with van der Waals surface area (Å²) in [6.07, 6.45) is 0. The van der Waals surface area contributed by atoms with Crippen molar-refractivity contribution >= 4 is 33.6 Å². The third kappa shape index (κ3) is 4.79. The highest BCUT2D eigenvalue weighted by Gasteiger charge is 2.11. The van der Waals surface area contributed by atoms with E-state index < -0.39 is 0 Å². The Balaban J connectivity index is 1.90. The third-order valence-electron chi connectivity index (χ3n) is 2.97. The molecular formula is C16H16BrNO2S. The largest absolute Gasteiger partial charge is 0.508 e. The van der Waals surface area contributed by atoms with Gasteiger partial charge in [0.15, 0.2) is 0 Å². The van der Waals surface area contributed by atoms with Gasteiger partial charge < -0.3 is 10.0 Å². The van der Waals surface area contributed by atoms with Gasteiger partial charge in [-0.05, 0) is 29.8 Å². The van der Waals surface area contributed by atoms with Crippen LogP contribution in [0.3, 0.4) is 0 Å². The molecule has 3 nitrogen and oxygen atoms in total. The molecule has 0 saturated heterocycles. The lowest BCUT2D eigenvalue weighted by Crippen LogP contribution is -2.27. The van der Waals surface area contributed by atoms with Crippen molar-refractivity contribution in [2.24, 2.45) is 0 Å². The molecule has 5 heteroatoms. The summed E-state index contributed by atoms with van der Waals surface area (Å²) >= 11 is 4.91. The highest BCUT2D eigenvalue weighted by molar-refractivity contribution is 9.10. The molecule has 0 saturated carbocycles. The smallest absolute Gasteiger partial charge is 0.232 e. The van der Waals surface area contributed by atoms with Crippen LogP contribution >= 0.6 is 27.7 Å². The van der Waals surface area contributed by atoms with E-state index in [1.807, 2.05) is 30.3 Å². The second-order valence-corrected chi connectivity index (χ2v) is 6.53. The number of benzene rings is 2. The first kappa shape index (κ1) is 15.9. The molecule has 0 aliphatic rings. The molecule has 21 heavy (non-hydrogen) atoms. The molecule has 0 unspecified atom stereocenters. The number of phenols is 1. The van der Waals surface area contributed by atoms with Crippen LogP contribution in [0.25, 0.3) is 0 Å². The van der Waals surface area contributed by atoms with Gasteiger partial charge in [0.2, 0.25) is 5.91 Å². The van der Waals surface area contributed by atoms with Crippen LogP contribution in [0, 0.1) is 0 Å². The topological polar surface area (TPSA) is 40.5 Å². The lowest BCUT2D eigenvalue weighted by molar-refractivity contribution is -0.127. The fourth-order valence-electron chi connectivity index (χ4n) is 1.80. The van der Waals surface area contributed by atoms with Crippen molar-refractivity contribution in [2.75, 3.05) is 12.8 Å². The third-order valence-corrected chi connectivity index (χ3v) is 4.72. The number of rotatable bonds is 5. The molecule has 2 aromatic rings. The first-order chi connectivity index (χ1) is 10.1. The van der Waals surface area contributed by atoms with Crippen molar-refractivity contribution in [3.8, 4) is 5.75 Å². The molecule has 0 aromatic heterocycles. The van der Waals surface area contributed by atoms with Crippen LogP contribution in [0.1, 0.15) is 5.56 Å². The van der Waals surface area contributed by atoms with Gasteiger partial charge in [-0.1, -0.05) is 40.2 Å². The van der Waals surface area contributed by atoms with Gasteiger partial charge >= 0.3 is 0 Å². The number of aromatic hydroxyl groups is 1. The van der Waals surface area contributed by atoms with E-state index in [1.54, 1.807) is 30.1 Å². The number of phenolic OH excluding ortho intramolecular Hbond substituents is 1. The van der Waals surface area contributed by atoms with Gasteiger partial charge in [0.05, 0.1) is 5.75 Å². The molecule has 110 valence electrons. The fourth-order valence-corrected chi connectivity index (χ4v) is 3.10. The molecule has 1 N–H and O–H groups in total. The predicted molar refractivity (Wildman–Crippen MR) is 89.4 cm³/mol. The molecule has 0 heterocycles. The van der Waals surface area contributed by atoms with E-state index in [4.69, 9.17) is 0 Å². The van der Waals surface area contributed by atoms with Crippen molar-refractivity contribution in [1.82, 2.24) is 4.90 Å². The normalized spacial score (nSPS) is 10.4. The summed E-state index contributed by atoms with van der Waals surface area (Å²) in [4.78, 5) is 14.7. The zero-order valence-electron chi connectivity index (χ0n) is 11.6. The average Bonchev–Trinajstić information content (AvgIpc) is 2.47. The summed E-state index contributed by atoms with van der Waals surface area (Å²) in [7, 11) is 1.80. The number of hydrogen-bond donors (Lipinski definition) is 1. The summed E-state index contributed by atoms with van der Waals surface area (Å²) in [6.45, 7) is 0.570. The Kier molecular flexibility index (Phi) is 5.70. The molecule has 1 amide bonds. The van der Waals surface area contributed by atoms with Crippen LogP contribution in [0.5, 0.6) is 5.75 Å². The second-order valence-electron chi connectivity index (χ2n) is 4.63. The average molecular weight is 366 g/mol. The first-order valence-corrected chi connectivity index (χ1v) is 8.23. The molecule has 0 fully saturated rings. The zero-order chi connectivity index (χ0) is 15.2. The van der Waals surface area contributed by atoms with E-state index in [0.29, 0.717) is 12.3 Å². The quantitative estimate of drug-likeness (QED) is 0.816. The van der Waals surface area contributed by atoms with Crippen molar-refractivity contribution in [2.45, 2.75) is 11.4 Å². The van der Waals surface area contributed by atoms with E-state index in [0.717, 1.165) is 14.9 Å². The Morgan fingerprint density at radius 3 is 2.71 bits per heavy atom. The van der Waals surface area contributed by atoms with Gasteiger partial charge in [0.25, 0.3) is 0 Å². The number of nitrogens with zero attached hydrogens (tertiary/aromatic N) is 1. The standard InChI is InChI=1S/C16H16BrNO2S/c1-18(10-12-5-2-3-8-15(12)17)16(20)11-21-14-7-4-6-13(19)9-14/h2-9,19H,10-11H2,1H3. The number of halogens is 1. The molecular weight excluding hydrogens is 350 g/mol. The van der Waals surface area contributed by atoms with Crippen LogP contribution < -0.4 is 0 Å². The van der Waals surface area contributed by atoms with Crippen molar-refractivity contribution in [3.63, 3.8) is 0 Å². The maximum Gasteiger partial charge on any atom is 0.232 e. The number of amides is 1. The van der Waals surface area contributed by atoms with Crippen LogP contribution in [0.4, 0.5) is 0 Å². The molecule has 0 bridgehead atoms. The minimum atomic E-state index is 0.0547. The molecule has 2 aromatic carbocycles. The van der Waals surface area contributed by atoms with E-state index in [2.05, 4.69) is 15.9 Å². The molecule has 2 rings (SSSR count). The van der Waals surface area contributed by atoms with Gasteiger partial charge in [0.1, 0.15) is 5.75 Å². The van der Waals surface area contributed by atoms with E-state index in [1.165, 1.54) is 11.8 Å². The maximum absolute atomic E-state index is 12.1. The highest BCUT2D eigenvalue weighted by Crippen LogP contribution is 2.23. The summed E-state index contributed by atoms with van der Waals surface area (Å²) < 4.78 is 1.00. The molecule has 0 spiro atoms. The Labute approximate surface area is 137 Å². The van der Waals surface area contributed by atoms with Gasteiger partial charge in [0, 0.05) is 23.0 Å². The Hall–Kier alpha value is -1.46. The van der Waals surface area contributed by atoms with Gasteiger partial charge in [-0.15, -0.1) is 11.8 Å². The SMILES string of the molecule is CN(Cc1ccccc1Br)C(=O)CSc1cccc(O)c1. The van der Waals surface area contributed by atoms with Gasteiger partial charge in [-0.25, -0.2) is 0 Å². The number of carbonyl (C=O) groups excluding carboxylic acids is 1. The predicted octanol–water partition coefficient (Wildman–Crippen LogP) is 3.91. The van der Waals surface area contributed by atoms with Crippen molar-refractivity contribution < 1.29 is 9.90 Å². The lowest BCUT2D eigenvalue weighted by Gasteiger charge is -2.18. The number of thioether (sulfide) groups is 1. The summed E-state index contributed by atoms with van der Waals surface area (Å²) in [6, 6.07) is 14.8. The van der Waals surface area contributed by atoms with Gasteiger partial charge in [-0.3, -0.25) is 4.79 Å². The number of hydrogen-bond acceptors (Lipinski definition) is 3. The molecule has 0 aliphatic carbocycles. The minimum Gasteiger partial charge on any atom is -0.508 e. The monoisotopic (exact) mass is 365 g/mol. The molecule has 0 aliphatic heterocycles. The second kappa shape index (κ2) is 7.52. The van der Waals surface area contributed by atoms with Crippen LogP contribution in [-0.2, 0) is 11.3 Å². The minimum absolute atomic E-state index is 0.0547. The Bertz CT molecular complexity index is 633. The van der Waals surface area contributed by atoms with Crippen LogP contribution in [0.2, 0.25) is 0 Å². The lowest BCUT2D eigenvalue weighted by atomic mass is 10.2. The Morgan fingerprint density at radius 1 is 1.24 bits per heavy atom. The summed E-state index contributed by atoms with van der Waals surface area (Å²) in [5.41, 5.74) is 1.08. The van der Waals surface area contributed by atoms with Gasteiger partial charge in [-0.2, -0.15) is 0 Å². The summed E-state index contributed by atoms with van der Waals surface area (Å²) in [5, 5.41) is 9.40. The molecule has 0 radical (unpaired) electrons. The Morgan fingerprint density at radius 2 is 2.00 bits per heavy atom.